The Bertz CT molecular complexity index is 286. The topological polar surface area (TPSA) is 46.5 Å². The minimum Gasteiger partial charge on any atom is -0.502 e. The second-order valence-electron chi connectivity index (χ2n) is 6.13. The van der Waals surface area contributed by atoms with E-state index in [1.807, 2.05) is 6.92 Å². The van der Waals surface area contributed by atoms with Crippen LogP contribution in [0.15, 0.2) is 12.8 Å². The summed E-state index contributed by atoms with van der Waals surface area (Å²) in [5.41, 5.74) is -0.283. The standard InChI is InChI=1S/C11H16O2.C4H8O/c12-10(13)11-4-7-1-8(5-11)3-9(2-7)6-11;1-3-5-4-2/h7-9H,1-6H2,(H,12,13);3H,1,4H2,2H3. The first-order chi connectivity index (χ1) is 8.59. The van der Waals surface area contributed by atoms with Gasteiger partial charge in [-0.05, 0) is 63.2 Å². The van der Waals surface area contributed by atoms with Crippen molar-refractivity contribution in [3.63, 3.8) is 0 Å². The van der Waals surface area contributed by atoms with Gasteiger partial charge in [0.1, 0.15) is 0 Å². The first-order valence-corrected chi connectivity index (χ1v) is 7.05. The van der Waals surface area contributed by atoms with Crippen molar-refractivity contribution in [2.24, 2.45) is 23.2 Å². The molecular weight excluding hydrogens is 228 g/mol. The van der Waals surface area contributed by atoms with Gasteiger partial charge in [0.25, 0.3) is 0 Å². The van der Waals surface area contributed by atoms with Gasteiger partial charge in [-0.15, -0.1) is 0 Å². The van der Waals surface area contributed by atoms with Crippen molar-refractivity contribution in [3.05, 3.63) is 12.8 Å². The second kappa shape index (κ2) is 5.33. The van der Waals surface area contributed by atoms with Crippen LogP contribution in [0.25, 0.3) is 0 Å². The molecule has 4 aliphatic carbocycles. The average Bonchev–Trinajstić information content (AvgIpc) is 2.28. The number of hydrogen-bond acceptors (Lipinski definition) is 2. The lowest BCUT2D eigenvalue weighted by molar-refractivity contribution is -0.164. The molecule has 0 aromatic carbocycles. The molecule has 1 N–H and O–H groups in total. The molecule has 102 valence electrons. The van der Waals surface area contributed by atoms with Crippen LogP contribution in [0.2, 0.25) is 0 Å². The molecule has 0 atom stereocenters. The summed E-state index contributed by atoms with van der Waals surface area (Å²) in [6.07, 6.45) is 8.35. The Balaban J connectivity index is 0.000000209. The highest BCUT2D eigenvalue weighted by atomic mass is 16.5. The molecule has 0 spiro atoms. The molecule has 0 aromatic rings. The van der Waals surface area contributed by atoms with E-state index >= 15 is 0 Å². The number of aliphatic carboxylic acids is 1. The Morgan fingerprint density at radius 3 is 1.94 bits per heavy atom. The highest BCUT2D eigenvalue weighted by Gasteiger charge is 2.54. The van der Waals surface area contributed by atoms with Gasteiger partial charge in [-0.25, -0.2) is 0 Å². The molecule has 0 unspecified atom stereocenters. The van der Waals surface area contributed by atoms with E-state index in [0.29, 0.717) is 0 Å². The quantitative estimate of drug-likeness (QED) is 0.782. The molecule has 0 aliphatic heterocycles. The van der Waals surface area contributed by atoms with E-state index in [1.165, 1.54) is 25.5 Å². The highest BCUT2D eigenvalue weighted by Crippen LogP contribution is 2.59. The molecule has 4 fully saturated rings. The van der Waals surface area contributed by atoms with E-state index in [0.717, 1.165) is 43.6 Å². The van der Waals surface area contributed by atoms with Crippen LogP contribution in [0.3, 0.4) is 0 Å². The summed E-state index contributed by atoms with van der Waals surface area (Å²) in [6.45, 7) is 5.97. The Morgan fingerprint density at radius 2 is 1.72 bits per heavy atom. The Hall–Kier alpha value is -0.990. The molecule has 0 amide bonds. The van der Waals surface area contributed by atoms with E-state index in [-0.39, 0.29) is 5.41 Å². The Labute approximate surface area is 109 Å². The second-order valence-corrected chi connectivity index (χ2v) is 6.13. The third-order valence-corrected chi connectivity index (χ3v) is 4.78. The molecule has 4 saturated carbocycles. The van der Waals surface area contributed by atoms with E-state index in [4.69, 9.17) is 0 Å². The predicted octanol–water partition coefficient (Wildman–Crippen LogP) is 3.45. The molecule has 0 heterocycles. The number of ether oxygens (including phenoxy) is 1. The predicted molar refractivity (Wildman–Crippen MR) is 70.1 cm³/mol. The van der Waals surface area contributed by atoms with Crippen molar-refractivity contribution in [2.75, 3.05) is 6.61 Å². The maximum atomic E-state index is 11.3. The van der Waals surface area contributed by atoms with Gasteiger partial charge in [-0.1, -0.05) is 6.58 Å². The third-order valence-electron chi connectivity index (χ3n) is 4.78. The van der Waals surface area contributed by atoms with Crippen LogP contribution in [-0.4, -0.2) is 17.7 Å². The first kappa shape index (κ1) is 13.4. The van der Waals surface area contributed by atoms with Crippen molar-refractivity contribution in [2.45, 2.75) is 45.4 Å². The maximum absolute atomic E-state index is 11.3. The van der Waals surface area contributed by atoms with E-state index in [2.05, 4.69) is 11.3 Å². The van der Waals surface area contributed by atoms with Crippen LogP contribution < -0.4 is 0 Å². The van der Waals surface area contributed by atoms with Crippen LogP contribution in [-0.2, 0) is 9.53 Å². The summed E-state index contributed by atoms with van der Waals surface area (Å²) in [4.78, 5) is 11.3. The number of hydrogen-bond donors (Lipinski definition) is 1. The molecule has 4 aliphatic rings. The number of carbonyl (C=O) groups is 1. The molecule has 0 saturated heterocycles. The fraction of sp³-hybridized carbons (Fsp3) is 0.800. The zero-order chi connectivity index (χ0) is 13.2. The molecule has 3 heteroatoms. The normalized spacial score (nSPS) is 39.7. The van der Waals surface area contributed by atoms with Crippen molar-refractivity contribution in [3.8, 4) is 0 Å². The SMILES string of the molecule is C=COCC.O=C(O)C12CC3CC(CC(C3)C1)C2. The van der Waals surface area contributed by atoms with Gasteiger partial charge in [0.15, 0.2) is 0 Å². The summed E-state index contributed by atoms with van der Waals surface area (Å²) in [7, 11) is 0. The maximum Gasteiger partial charge on any atom is 0.309 e. The molecule has 3 nitrogen and oxygen atoms in total. The number of carboxylic acids is 1. The van der Waals surface area contributed by atoms with Crippen LogP contribution in [0.4, 0.5) is 0 Å². The highest BCUT2D eigenvalue weighted by molar-refractivity contribution is 5.75. The van der Waals surface area contributed by atoms with Gasteiger partial charge in [-0.2, -0.15) is 0 Å². The summed E-state index contributed by atoms with van der Waals surface area (Å²) >= 11 is 0. The minimum atomic E-state index is -0.508. The van der Waals surface area contributed by atoms with Crippen molar-refractivity contribution in [1.29, 1.82) is 0 Å². The van der Waals surface area contributed by atoms with Crippen LogP contribution in [0, 0.1) is 23.2 Å². The molecule has 4 bridgehead atoms. The summed E-state index contributed by atoms with van der Waals surface area (Å²) in [5.74, 6) is 1.75. The smallest absolute Gasteiger partial charge is 0.309 e. The Kier molecular flexibility index (Phi) is 3.98. The minimum absolute atomic E-state index is 0.283. The fourth-order valence-electron chi connectivity index (χ4n) is 4.49. The summed E-state index contributed by atoms with van der Waals surface area (Å²) in [6, 6.07) is 0. The largest absolute Gasteiger partial charge is 0.502 e. The van der Waals surface area contributed by atoms with Gasteiger partial charge >= 0.3 is 5.97 Å². The van der Waals surface area contributed by atoms with E-state index in [9.17, 15) is 9.90 Å². The zero-order valence-electron chi connectivity index (χ0n) is 11.2. The molecule has 0 radical (unpaired) electrons. The van der Waals surface area contributed by atoms with Gasteiger partial charge in [0.05, 0.1) is 18.3 Å². The van der Waals surface area contributed by atoms with Crippen LogP contribution in [0.1, 0.15) is 45.4 Å². The van der Waals surface area contributed by atoms with Gasteiger partial charge in [0, 0.05) is 0 Å². The monoisotopic (exact) mass is 252 g/mol. The van der Waals surface area contributed by atoms with Crippen LogP contribution in [0.5, 0.6) is 0 Å². The van der Waals surface area contributed by atoms with E-state index in [1.54, 1.807) is 0 Å². The van der Waals surface area contributed by atoms with Gasteiger partial charge in [-0.3, -0.25) is 4.79 Å². The van der Waals surface area contributed by atoms with Gasteiger partial charge in [0.2, 0.25) is 0 Å². The molecule has 0 aromatic heterocycles. The summed E-state index contributed by atoms with van der Waals surface area (Å²) < 4.78 is 4.60. The molecule has 4 rings (SSSR count). The fourth-order valence-corrected chi connectivity index (χ4v) is 4.49. The average molecular weight is 252 g/mol. The van der Waals surface area contributed by atoms with Gasteiger partial charge < -0.3 is 9.84 Å². The first-order valence-electron chi connectivity index (χ1n) is 7.05. The molecular formula is C15H24O3. The molecule has 18 heavy (non-hydrogen) atoms. The lowest BCUT2D eigenvalue weighted by atomic mass is 9.49. The lowest BCUT2D eigenvalue weighted by Gasteiger charge is -2.54. The summed E-state index contributed by atoms with van der Waals surface area (Å²) in [5, 5.41) is 9.28. The third kappa shape index (κ3) is 2.55. The number of carboxylic acid groups (broad SMARTS) is 1. The van der Waals surface area contributed by atoms with Crippen molar-refractivity contribution < 1.29 is 14.6 Å². The van der Waals surface area contributed by atoms with Crippen molar-refractivity contribution >= 4 is 5.97 Å². The zero-order valence-corrected chi connectivity index (χ0v) is 11.2. The lowest BCUT2D eigenvalue weighted by Crippen LogP contribution is -2.49. The van der Waals surface area contributed by atoms with Crippen molar-refractivity contribution in [1.82, 2.24) is 0 Å². The van der Waals surface area contributed by atoms with Crippen LogP contribution >= 0.6 is 0 Å². The number of rotatable bonds is 3. The Morgan fingerprint density at radius 1 is 1.28 bits per heavy atom. The van der Waals surface area contributed by atoms with E-state index < -0.39 is 5.97 Å².